The first kappa shape index (κ1) is 22.9. The molecule has 168 valence electrons. The van der Waals surface area contributed by atoms with Crippen LogP contribution in [0.4, 0.5) is 5.69 Å². The Morgan fingerprint density at radius 3 is 2.55 bits per heavy atom. The van der Waals surface area contributed by atoms with Crippen LogP contribution in [0.1, 0.15) is 37.0 Å². The number of sulfonamides is 1. The van der Waals surface area contributed by atoms with E-state index in [1.807, 2.05) is 6.92 Å². The molecule has 1 aliphatic rings. The number of amides is 1. The van der Waals surface area contributed by atoms with E-state index in [1.54, 1.807) is 37.3 Å². The van der Waals surface area contributed by atoms with Crippen LogP contribution < -0.4 is 19.5 Å². The molecule has 0 aromatic heterocycles. The number of nitrogens with one attached hydrogen (secondary N) is 2. The lowest BCUT2D eigenvalue weighted by Gasteiger charge is -2.16. The van der Waals surface area contributed by atoms with Crippen LogP contribution in [-0.2, 0) is 14.8 Å². The quantitative estimate of drug-likeness (QED) is 0.579. The van der Waals surface area contributed by atoms with Crippen molar-refractivity contribution in [1.29, 1.82) is 0 Å². The fourth-order valence-corrected chi connectivity index (χ4v) is 4.37. The van der Waals surface area contributed by atoms with Gasteiger partial charge in [0, 0.05) is 19.2 Å². The third-order valence-corrected chi connectivity index (χ3v) is 6.12. The smallest absolute Gasteiger partial charge is 0.262 e. The number of para-hydroxylation sites is 1. The maximum Gasteiger partial charge on any atom is 0.262 e. The molecule has 0 aliphatic carbocycles. The fourth-order valence-electron chi connectivity index (χ4n) is 3.28. The molecule has 2 aromatic rings. The van der Waals surface area contributed by atoms with Crippen molar-refractivity contribution in [1.82, 2.24) is 5.32 Å². The summed E-state index contributed by atoms with van der Waals surface area (Å²) >= 11 is 0. The Kier molecular flexibility index (Phi) is 7.75. The van der Waals surface area contributed by atoms with Gasteiger partial charge in [-0.3, -0.25) is 9.52 Å². The topological polar surface area (TPSA) is 103 Å². The second-order valence-electron chi connectivity index (χ2n) is 6.97. The van der Waals surface area contributed by atoms with Gasteiger partial charge in [-0.05, 0) is 51.0 Å². The number of hydrogen-bond acceptors (Lipinski definition) is 6. The Bertz CT molecular complexity index is 1000. The van der Waals surface area contributed by atoms with Crippen LogP contribution in [0.5, 0.6) is 11.5 Å². The van der Waals surface area contributed by atoms with E-state index >= 15 is 0 Å². The highest BCUT2D eigenvalue weighted by molar-refractivity contribution is 7.92. The highest BCUT2D eigenvalue weighted by atomic mass is 32.2. The highest BCUT2D eigenvalue weighted by Crippen LogP contribution is 2.31. The molecule has 0 unspecified atom stereocenters. The van der Waals surface area contributed by atoms with E-state index in [-0.39, 0.29) is 28.2 Å². The monoisotopic (exact) mass is 448 g/mol. The Labute approximate surface area is 182 Å². The maximum absolute atomic E-state index is 13.0. The molecule has 1 amide bonds. The second-order valence-corrected chi connectivity index (χ2v) is 8.65. The van der Waals surface area contributed by atoms with Crippen LogP contribution in [0.15, 0.2) is 47.4 Å². The van der Waals surface area contributed by atoms with Crippen LogP contribution in [0.3, 0.4) is 0 Å². The molecule has 0 bridgehead atoms. The molecule has 8 nitrogen and oxygen atoms in total. The van der Waals surface area contributed by atoms with Crippen molar-refractivity contribution in [3.63, 3.8) is 0 Å². The lowest BCUT2D eigenvalue weighted by molar-refractivity contribution is 0.0858. The molecular weight excluding hydrogens is 420 g/mol. The lowest BCUT2D eigenvalue weighted by atomic mass is 10.1. The van der Waals surface area contributed by atoms with E-state index in [9.17, 15) is 13.2 Å². The van der Waals surface area contributed by atoms with Crippen LogP contribution in [-0.4, -0.2) is 46.8 Å². The summed E-state index contributed by atoms with van der Waals surface area (Å²) in [6.07, 6.45) is 1.87. The standard InChI is InChI=1S/C22H28N2O6S/c1-3-28-20-12-11-17(14-21(20)29-4-2)31(26,27)24-19-10-6-5-9-18(19)22(25)23-15-16-8-7-13-30-16/h5-6,9-12,14,16,24H,3-4,7-8,13,15H2,1-2H3,(H,23,25)/t16-/m0/s1. The molecule has 2 aromatic carbocycles. The maximum atomic E-state index is 13.0. The summed E-state index contributed by atoms with van der Waals surface area (Å²) in [4.78, 5) is 12.7. The van der Waals surface area contributed by atoms with Gasteiger partial charge in [0.05, 0.1) is 35.5 Å². The van der Waals surface area contributed by atoms with Gasteiger partial charge in [-0.25, -0.2) is 8.42 Å². The summed E-state index contributed by atoms with van der Waals surface area (Å²) in [6, 6.07) is 10.9. The molecule has 1 fully saturated rings. The van der Waals surface area contributed by atoms with Gasteiger partial charge in [0.2, 0.25) is 0 Å². The van der Waals surface area contributed by atoms with Gasteiger partial charge in [-0.15, -0.1) is 0 Å². The van der Waals surface area contributed by atoms with Crippen molar-refractivity contribution in [2.45, 2.75) is 37.7 Å². The molecule has 31 heavy (non-hydrogen) atoms. The zero-order chi connectivity index (χ0) is 22.3. The van der Waals surface area contributed by atoms with E-state index < -0.39 is 10.0 Å². The summed E-state index contributed by atoms with van der Waals surface area (Å²) in [5.74, 6) is 0.447. The Hall–Kier alpha value is -2.78. The van der Waals surface area contributed by atoms with Gasteiger partial charge >= 0.3 is 0 Å². The minimum absolute atomic E-state index is 0.00588. The predicted molar refractivity (Wildman–Crippen MR) is 117 cm³/mol. The summed E-state index contributed by atoms with van der Waals surface area (Å²) < 4.78 is 45.1. The average molecular weight is 449 g/mol. The van der Waals surface area contributed by atoms with E-state index in [2.05, 4.69) is 10.0 Å². The van der Waals surface area contributed by atoms with Gasteiger partial charge in [0.1, 0.15) is 0 Å². The van der Waals surface area contributed by atoms with Crippen LogP contribution >= 0.6 is 0 Å². The van der Waals surface area contributed by atoms with Gasteiger partial charge in [-0.1, -0.05) is 12.1 Å². The molecule has 2 N–H and O–H groups in total. The highest BCUT2D eigenvalue weighted by Gasteiger charge is 2.22. The van der Waals surface area contributed by atoms with Crippen LogP contribution in [0.2, 0.25) is 0 Å². The van der Waals surface area contributed by atoms with Crippen molar-refractivity contribution >= 4 is 21.6 Å². The number of hydrogen-bond donors (Lipinski definition) is 2. The fraction of sp³-hybridized carbons (Fsp3) is 0.409. The van der Waals surface area contributed by atoms with Gasteiger partial charge in [-0.2, -0.15) is 0 Å². The minimum Gasteiger partial charge on any atom is -0.490 e. The largest absolute Gasteiger partial charge is 0.490 e. The summed E-state index contributed by atoms with van der Waals surface area (Å²) in [5.41, 5.74) is 0.430. The number of ether oxygens (including phenoxy) is 3. The van der Waals surface area contributed by atoms with E-state index in [1.165, 1.54) is 12.1 Å². The van der Waals surface area contributed by atoms with Crippen LogP contribution in [0.25, 0.3) is 0 Å². The zero-order valence-electron chi connectivity index (χ0n) is 17.7. The Balaban J connectivity index is 1.80. The Morgan fingerprint density at radius 2 is 1.84 bits per heavy atom. The first-order valence-corrected chi connectivity index (χ1v) is 11.8. The third-order valence-electron chi connectivity index (χ3n) is 4.76. The number of anilines is 1. The lowest BCUT2D eigenvalue weighted by Crippen LogP contribution is -2.32. The molecular formula is C22H28N2O6S. The predicted octanol–water partition coefficient (Wildman–Crippen LogP) is 3.19. The minimum atomic E-state index is -3.96. The molecule has 9 heteroatoms. The number of carbonyl (C=O) groups excluding carboxylic acids is 1. The molecule has 1 saturated heterocycles. The average Bonchev–Trinajstić information content (AvgIpc) is 3.27. The zero-order valence-corrected chi connectivity index (χ0v) is 18.5. The van der Waals surface area contributed by atoms with Crippen molar-refractivity contribution in [2.75, 3.05) is 31.1 Å². The van der Waals surface area contributed by atoms with Gasteiger partial charge in [0.25, 0.3) is 15.9 Å². The van der Waals surface area contributed by atoms with Gasteiger partial charge < -0.3 is 19.5 Å². The van der Waals surface area contributed by atoms with Crippen LogP contribution in [0, 0.1) is 0 Å². The van der Waals surface area contributed by atoms with Crippen molar-refractivity contribution < 1.29 is 27.4 Å². The second kappa shape index (κ2) is 10.5. The first-order chi connectivity index (χ1) is 14.9. The molecule has 1 aliphatic heterocycles. The Morgan fingerprint density at radius 1 is 1.10 bits per heavy atom. The molecule has 1 heterocycles. The summed E-state index contributed by atoms with van der Waals surface area (Å²) in [5, 5.41) is 2.82. The number of carbonyl (C=O) groups is 1. The van der Waals surface area contributed by atoms with Crippen molar-refractivity contribution in [3.8, 4) is 11.5 Å². The van der Waals surface area contributed by atoms with E-state index in [0.29, 0.717) is 37.9 Å². The molecule has 3 rings (SSSR count). The number of benzene rings is 2. The van der Waals surface area contributed by atoms with Crippen molar-refractivity contribution in [2.24, 2.45) is 0 Å². The summed E-state index contributed by atoms with van der Waals surface area (Å²) in [7, 11) is -3.96. The molecule has 1 atom stereocenters. The van der Waals surface area contributed by atoms with Gasteiger partial charge in [0.15, 0.2) is 11.5 Å². The van der Waals surface area contributed by atoms with E-state index in [4.69, 9.17) is 14.2 Å². The molecule has 0 radical (unpaired) electrons. The van der Waals surface area contributed by atoms with Crippen molar-refractivity contribution in [3.05, 3.63) is 48.0 Å². The normalized spacial score (nSPS) is 16.0. The first-order valence-electron chi connectivity index (χ1n) is 10.4. The summed E-state index contributed by atoms with van der Waals surface area (Å²) in [6.45, 7) is 5.52. The third kappa shape index (κ3) is 5.89. The number of rotatable bonds is 10. The SMILES string of the molecule is CCOc1ccc(S(=O)(=O)Nc2ccccc2C(=O)NC[C@@H]2CCCO2)cc1OCC. The molecule has 0 spiro atoms. The molecule has 0 saturated carbocycles. The van der Waals surface area contributed by atoms with E-state index in [0.717, 1.165) is 12.8 Å².